The molecule has 0 atom stereocenters. The summed E-state index contributed by atoms with van der Waals surface area (Å²) in [6.07, 6.45) is 0. The zero-order valence-electron chi connectivity index (χ0n) is 17.6. The van der Waals surface area contributed by atoms with Gasteiger partial charge in [-0.1, -0.05) is 90.5 Å². The first-order chi connectivity index (χ1) is 16.3. The van der Waals surface area contributed by atoms with Crippen LogP contribution < -0.4 is 0 Å². The Morgan fingerprint density at radius 1 is 0.606 bits per heavy atom. The van der Waals surface area contributed by atoms with Crippen LogP contribution in [0.2, 0.25) is 5.02 Å². The lowest BCUT2D eigenvalue weighted by atomic mass is 10.1. The van der Waals surface area contributed by atoms with Crippen molar-refractivity contribution >= 4 is 55.3 Å². The van der Waals surface area contributed by atoms with Gasteiger partial charge in [-0.2, -0.15) is 0 Å². The second-order valence-electron chi connectivity index (χ2n) is 8.32. The van der Waals surface area contributed by atoms with E-state index in [4.69, 9.17) is 16.0 Å². The minimum absolute atomic E-state index is 0.736. The molecule has 0 radical (unpaired) electrons. The zero-order valence-corrected chi connectivity index (χ0v) is 18.4. The molecule has 33 heavy (non-hydrogen) atoms. The Morgan fingerprint density at radius 2 is 1.27 bits per heavy atom. The maximum atomic E-state index is 6.92. The topological polar surface area (TPSA) is 18.1 Å². The Balaban J connectivity index is 1.60. The fourth-order valence-electron chi connectivity index (χ4n) is 4.98. The van der Waals surface area contributed by atoms with Crippen molar-refractivity contribution in [3.63, 3.8) is 0 Å². The van der Waals surface area contributed by atoms with E-state index in [1.54, 1.807) is 0 Å². The van der Waals surface area contributed by atoms with Crippen LogP contribution >= 0.6 is 11.6 Å². The number of hydrogen-bond donors (Lipinski definition) is 0. The van der Waals surface area contributed by atoms with Gasteiger partial charge < -0.3 is 8.98 Å². The van der Waals surface area contributed by atoms with Gasteiger partial charge in [0.15, 0.2) is 5.58 Å². The standard InChI is InChI=1S/C30H18ClNO/c31-25-18-24-22-10-5-7-13-27(22)33-30(24)29-28(25)23-11-4-6-12-26(23)32(29)21-16-14-20(15-17-21)19-8-2-1-3-9-19/h1-18H. The molecule has 0 fully saturated rings. The van der Waals surface area contributed by atoms with Gasteiger partial charge in [-0.15, -0.1) is 0 Å². The van der Waals surface area contributed by atoms with Gasteiger partial charge in [0, 0.05) is 27.2 Å². The summed E-state index contributed by atoms with van der Waals surface area (Å²) in [5.74, 6) is 0. The van der Waals surface area contributed by atoms with Crippen molar-refractivity contribution in [2.24, 2.45) is 0 Å². The lowest BCUT2D eigenvalue weighted by Crippen LogP contribution is -1.94. The molecule has 3 heteroatoms. The molecule has 0 amide bonds. The first-order valence-electron chi connectivity index (χ1n) is 11.0. The van der Waals surface area contributed by atoms with E-state index in [2.05, 4.69) is 83.4 Å². The van der Waals surface area contributed by atoms with Gasteiger partial charge in [0.05, 0.1) is 16.1 Å². The number of furan rings is 1. The minimum Gasteiger partial charge on any atom is -0.454 e. The molecule has 5 aromatic carbocycles. The summed E-state index contributed by atoms with van der Waals surface area (Å²) < 4.78 is 8.70. The van der Waals surface area contributed by atoms with E-state index in [1.807, 2.05) is 30.3 Å². The third-order valence-corrected chi connectivity index (χ3v) is 6.76. The van der Waals surface area contributed by atoms with E-state index in [1.165, 1.54) is 11.1 Å². The fourth-order valence-corrected chi connectivity index (χ4v) is 5.28. The molecule has 156 valence electrons. The van der Waals surface area contributed by atoms with Gasteiger partial charge >= 0.3 is 0 Å². The molecule has 7 rings (SSSR count). The number of fused-ring (bicyclic) bond motifs is 7. The van der Waals surface area contributed by atoms with Crippen LogP contribution in [0.5, 0.6) is 0 Å². The molecule has 0 aliphatic rings. The normalized spacial score (nSPS) is 11.8. The molecular weight excluding hydrogens is 426 g/mol. The van der Waals surface area contributed by atoms with E-state index in [0.29, 0.717) is 0 Å². The van der Waals surface area contributed by atoms with Crippen molar-refractivity contribution in [3.8, 4) is 16.8 Å². The quantitative estimate of drug-likeness (QED) is 0.260. The highest BCUT2D eigenvalue weighted by Crippen LogP contribution is 2.43. The van der Waals surface area contributed by atoms with E-state index in [0.717, 1.165) is 54.5 Å². The SMILES string of the molecule is Clc1cc2c3ccccc3oc2c2c1c1ccccc1n2-c1ccc(-c2ccccc2)cc1. The van der Waals surface area contributed by atoms with E-state index in [-0.39, 0.29) is 0 Å². The first kappa shape index (κ1) is 18.6. The summed E-state index contributed by atoms with van der Waals surface area (Å²) >= 11 is 6.92. The Hall–Kier alpha value is -4.01. The van der Waals surface area contributed by atoms with Gasteiger partial charge in [0.2, 0.25) is 0 Å². The predicted octanol–water partition coefficient (Wildman–Crippen LogP) is 9.00. The Morgan fingerprint density at radius 3 is 2.09 bits per heavy atom. The predicted molar refractivity (Wildman–Crippen MR) is 139 cm³/mol. The lowest BCUT2D eigenvalue weighted by Gasteiger charge is -2.10. The molecule has 2 aromatic heterocycles. The lowest BCUT2D eigenvalue weighted by molar-refractivity contribution is 0.671. The molecule has 0 saturated carbocycles. The molecule has 0 aliphatic heterocycles. The molecule has 0 spiro atoms. The largest absolute Gasteiger partial charge is 0.454 e. The average Bonchev–Trinajstić information content (AvgIpc) is 3.41. The molecular formula is C30H18ClNO. The summed E-state index contributed by atoms with van der Waals surface area (Å²) in [5.41, 5.74) is 7.30. The maximum Gasteiger partial charge on any atom is 0.160 e. The van der Waals surface area contributed by atoms with E-state index < -0.39 is 0 Å². The van der Waals surface area contributed by atoms with E-state index in [9.17, 15) is 0 Å². The summed E-state index contributed by atoms with van der Waals surface area (Å²) in [4.78, 5) is 0. The van der Waals surface area contributed by atoms with Crippen molar-refractivity contribution in [2.75, 3.05) is 0 Å². The number of halogens is 1. The first-order valence-corrected chi connectivity index (χ1v) is 11.4. The van der Waals surface area contributed by atoms with Crippen LogP contribution in [0.4, 0.5) is 0 Å². The van der Waals surface area contributed by atoms with Gasteiger partial charge in [-0.25, -0.2) is 0 Å². The van der Waals surface area contributed by atoms with Crippen LogP contribution in [-0.4, -0.2) is 4.57 Å². The third-order valence-electron chi connectivity index (χ3n) is 6.47. The van der Waals surface area contributed by atoms with Crippen molar-refractivity contribution in [1.29, 1.82) is 0 Å². The number of aromatic nitrogens is 1. The monoisotopic (exact) mass is 443 g/mol. The van der Waals surface area contributed by atoms with Crippen LogP contribution in [0.3, 0.4) is 0 Å². The molecule has 0 aliphatic carbocycles. The summed E-state index contributed by atoms with van der Waals surface area (Å²) in [5, 5.41) is 4.98. The zero-order chi connectivity index (χ0) is 21.9. The highest BCUT2D eigenvalue weighted by molar-refractivity contribution is 6.41. The van der Waals surface area contributed by atoms with Crippen LogP contribution in [0, 0.1) is 0 Å². The number of benzene rings is 5. The molecule has 2 nitrogen and oxygen atoms in total. The smallest absolute Gasteiger partial charge is 0.160 e. The number of para-hydroxylation sites is 2. The van der Waals surface area contributed by atoms with Gasteiger partial charge in [0.25, 0.3) is 0 Å². The Labute approximate surface area is 195 Å². The number of rotatable bonds is 2. The van der Waals surface area contributed by atoms with Crippen LogP contribution in [0.25, 0.3) is 60.6 Å². The van der Waals surface area contributed by atoms with Gasteiger partial charge in [-0.05, 0) is 41.5 Å². The maximum absolute atomic E-state index is 6.92. The van der Waals surface area contributed by atoms with Crippen molar-refractivity contribution < 1.29 is 4.42 Å². The van der Waals surface area contributed by atoms with Gasteiger partial charge in [0.1, 0.15) is 5.58 Å². The molecule has 0 unspecified atom stereocenters. The number of hydrogen-bond acceptors (Lipinski definition) is 1. The summed E-state index contributed by atoms with van der Waals surface area (Å²) in [6.45, 7) is 0. The van der Waals surface area contributed by atoms with Crippen LogP contribution in [-0.2, 0) is 0 Å². The Kier molecular flexibility index (Phi) is 3.93. The second kappa shape index (κ2) is 6.99. The molecule has 0 bridgehead atoms. The van der Waals surface area contributed by atoms with Crippen molar-refractivity contribution in [1.82, 2.24) is 4.57 Å². The number of nitrogens with zero attached hydrogens (tertiary/aromatic N) is 1. The van der Waals surface area contributed by atoms with Crippen molar-refractivity contribution in [3.05, 3.63) is 114 Å². The summed E-state index contributed by atoms with van der Waals surface area (Å²) in [6, 6.07) is 37.7. The molecule has 0 N–H and O–H groups in total. The highest BCUT2D eigenvalue weighted by atomic mass is 35.5. The van der Waals surface area contributed by atoms with Crippen molar-refractivity contribution in [2.45, 2.75) is 0 Å². The second-order valence-corrected chi connectivity index (χ2v) is 8.73. The van der Waals surface area contributed by atoms with Crippen LogP contribution in [0.1, 0.15) is 0 Å². The fraction of sp³-hybridized carbons (Fsp3) is 0. The summed E-state index contributed by atoms with van der Waals surface area (Å²) in [7, 11) is 0. The van der Waals surface area contributed by atoms with E-state index >= 15 is 0 Å². The minimum atomic E-state index is 0.736. The van der Waals surface area contributed by atoms with Crippen LogP contribution in [0.15, 0.2) is 114 Å². The van der Waals surface area contributed by atoms with Gasteiger partial charge in [-0.3, -0.25) is 0 Å². The molecule has 2 heterocycles. The Bertz CT molecular complexity index is 1810. The molecule has 0 saturated heterocycles. The average molecular weight is 444 g/mol. The molecule has 7 aromatic rings. The third kappa shape index (κ3) is 2.68. The highest BCUT2D eigenvalue weighted by Gasteiger charge is 2.21.